The van der Waals surface area contributed by atoms with Gasteiger partial charge in [-0.3, -0.25) is 4.90 Å². The van der Waals surface area contributed by atoms with Gasteiger partial charge in [0.15, 0.2) is 0 Å². The standard InChI is InChI=1S/C16H25BrN2/c1-3-15(12-17)13-18-7-9-19(10-8-18)16-6-4-5-14(2)11-16/h4-6,11,15H,3,7-10,12-13H2,1-2H3. The number of benzene rings is 1. The van der Waals surface area contributed by atoms with Crippen LogP contribution in [0.1, 0.15) is 18.9 Å². The summed E-state index contributed by atoms with van der Waals surface area (Å²) in [6.45, 7) is 10.4. The van der Waals surface area contributed by atoms with Crippen molar-refractivity contribution in [3.63, 3.8) is 0 Å². The van der Waals surface area contributed by atoms with Gasteiger partial charge in [0.25, 0.3) is 0 Å². The first-order valence-electron chi connectivity index (χ1n) is 7.33. The molecule has 0 radical (unpaired) electrons. The van der Waals surface area contributed by atoms with Gasteiger partial charge in [-0.15, -0.1) is 0 Å². The van der Waals surface area contributed by atoms with Crippen molar-refractivity contribution in [2.45, 2.75) is 20.3 Å². The Morgan fingerprint density at radius 2 is 1.95 bits per heavy atom. The van der Waals surface area contributed by atoms with Gasteiger partial charge in [0.1, 0.15) is 0 Å². The van der Waals surface area contributed by atoms with Crippen LogP contribution in [0.3, 0.4) is 0 Å². The highest BCUT2D eigenvalue weighted by Crippen LogP contribution is 2.18. The van der Waals surface area contributed by atoms with E-state index in [9.17, 15) is 0 Å². The smallest absolute Gasteiger partial charge is 0.0369 e. The zero-order chi connectivity index (χ0) is 13.7. The quantitative estimate of drug-likeness (QED) is 0.764. The van der Waals surface area contributed by atoms with Gasteiger partial charge >= 0.3 is 0 Å². The molecule has 1 atom stereocenters. The molecule has 2 nitrogen and oxygen atoms in total. The van der Waals surface area contributed by atoms with Crippen molar-refractivity contribution in [1.82, 2.24) is 4.90 Å². The molecule has 0 aliphatic carbocycles. The number of piperazine rings is 1. The zero-order valence-corrected chi connectivity index (χ0v) is 13.7. The van der Waals surface area contributed by atoms with Crippen molar-refractivity contribution in [3.05, 3.63) is 29.8 Å². The molecule has 1 unspecified atom stereocenters. The predicted molar refractivity (Wildman–Crippen MR) is 87.4 cm³/mol. The summed E-state index contributed by atoms with van der Waals surface area (Å²) >= 11 is 3.62. The molecular weight excluding hydrogens is 300 g/mol. The molecule has 3 heteroatoms. The van der Waals surface area contributed by atoms with Crippen LogP contribution in [0.5, 0.6) is 0 Å². The number of nitrogens with zero attached hydrogens (tertiary/aromatic N) is 2. The van der Waals surface area contributed by atoms with Crippen LogP contribution in [0, 0.1) is 12.8 Å². The Kier molecular flexibility index (Phi) is 5.71. The van der Waals surface area contributed by atoms with Crippen molar-refractivity contribution >= 4 is 21.6 Å². The molecule has 1 aromatic carbocycles. The molecule has 0 amide bonds. The average molecular weight is 325 g/mol. The van der Waals surface area contributed by atoms with Gasteiger partial charge in [0, 0.05) is 43.7 Å². The molecule has 1 aliphatic heterocycles. The van der Waals surface area contributed by atoms with Crippen LogP contribution in [-0.4, -0.2) is 43.0 Å². The van der Waals surface area contributed by atoms with E-state index < -0.39 is 0 Å². The number of hydrogen-bond donors (Lipinski definition) is 0. The van der Waals surface area contributed by atoms with Crippen molar-refractivity contribution < 1.29 is 0 Å². The van der Waals surface area contributed by atoms with E-state index in [1.54, 1.807) is 0 Å². The molecule has 106 valence electrons. The van der Waals surface area contributed by atoms with E-state index in [0.717, 1.165) is 24.3 Å². The van der Waals surface area contributed by atoms with E-state index in [1.807, 2.05) is 0 Å². The lowest BCUT2D eigenvalue weighted by Gasteiger charge is -2.37. The molecule has 0 bridgehead atoms. The highest BCUT2D eigenvalue weighted by atomic mass is 79.9. The summed E-state index contributed by atoms with van der Waals surface area (Å²) in [6.07, 6.45) is 1.27. The van der Waals surface area contributed by atoms with Crippen LogP contribution in [0.25, 0.3) is 0 Å². The van der Waals surface area contributed by atoms with Gasteiger partial charge in [-0.2, -0.15) is 0 Å². The number of anilines is 1. The fraction of sp³-hybridized carbons (Fsp3) is 0.625. The average Bonchev–Trinajstić information content (AvgIpc) is 2.45. The minimum absolute atomic E-state index is 0.797. The van der Waals surface area contributed by atoms with E-state index >= 15 is 0 Å². The van der Waals surface area contributed by atoms with Gasteiger partial charge in [-0.25, -0.2) is 0 Å². The molecule has 1 aliphatic rings. The zero-order valence-electron chi connectivity index (χ0n) is 12.1. The molecule has 0 saturated carbocycles. The second-order valence-electron chi connectivity index (χ2n) is 5.56. The normalized spacial score (nSPS) is 18.6. The Hall–Kier alpha value is -0.540. The van der Waals surface area contributed by atoms with E-state index in [-0.39, 0.29) is 0 Å². The second kappa shape index (κ2) is 7.30. The number of hydrogen-bond acceptors (Lipinski definition) is 2. The fourth-order valence-corrected chi connectivity index (χ4v) is 3.33. The van der Waals surface area contributed by atoms with Crippen LogP contribution in [-0.2, 0) is 0 Å². The summed E-state index contributed by atoms with van der Waals surface area (Å²) in [6, 6.07) is 8.86. The highest BCUT2D eigenvalue weighted by molar-refractivity contribution is 9.09. The Morgan fingerprint density at radius 3 is 2.53 bits per heavy atom. The Morgan fingerprint density at radius 1 is 1.21 bits per heavy atom. The second-order valence-corrected chi connectivity index (χ2v) is 6.20. The fourth-order valence-electron chi connectivity index (χ4n) is 2.67. The van der Waals surface area contributed by atoms with Crippen molar-refractivity contribution in [2.24, 2.45) is 5.92 Å². The molecule has 0 spiro atoms. The first-order chi connectivity index (χ1) is 9.22. The van der Waals surface area contributed by atoms with Crippen molar-refractivity contribution in [2.75, 3.05) is 43.0 Å². The first-order valence-corrected chi connectivity index (χ1v) is 8.45. The number of rotatable bonds is 5. The summed E-state index contributed by atoms with van der Waals surface area (Å²) in [7, 11) is 0. The lowest BCUT2D eigenvalue weighted by molar-refractivity contribution is 0.225. The summed E-state index contributed by atoms with van der Waals surface area (Å²) < 4.78 is 0. The minimum atomic E-state index is 0.797. The maximum atomic E-state index is 3.62. The van der Waals surface area contributed by atoms with E-state index in [4.69, 9.17) is 0 Å². The molecule has 19 heavy (non-hydrogen) atoms. The summed E-state index contributed by atoms with van der Waals surface area (Å²) in [5, 5.41) is 1.13. The molecule has 1 aromatic rings. The Labute approximate surface area is 125 Å². The largest absolute Gasteiger partial charge is 0.369 e. The van der Waals surface area contributed by atoms with E-state index in [2.05, 4.69) is 63.8 Å². The third-order valence-corrected chi connectivity index (χ3v) is 4.97. The van der Waals surface area contributed by atoms with Gasteiger partial charge in [0.05, 0.1) is 0 Å². The molecule has 1 heterocycles. The lowest BCUT2D eigenvalue weighted by Crippen LogP contribution is -2.48. The molecule has 0 aromatic heterocycles. The molecule has 1 fully saturated rings. The topological polar surface area (TPSA) is 6.48 Å². The SMILES string of the molecule is CCC(CBr)CN1CCN(c2cccc(C)c2)CC1. The first kappa shape index (κ1) is 14.9. The molecule has 2 rings (SSSR count). The van der Waals surface area contributed by atoms with Crippen molar-refractivity contribution in [3.8, 4) is 0 Å². The highest BCUT2D eigenvalue weighted by Gasteiger charge is 2.19. The number of aryl methyl sites for hydroxylation is 1. The minimum Gasteiger partial charge on any atom is -0.369 e. The third kappa shape index (κ3) is 4.22. The van der Waals surface area contributed by atoms with Crippen LogP contribution >= 0.6 is 15.9 Å². The number of alkyl halides is 1. The van der Waals surface area contributed by atoms with Gasteiger partial charge in [-0.1, -0.05) is 41.4 Å². The third-order valence-electron chi connectivity index (χ3n) is 4.05. The Balaban J connectivity index is 1.85. The monoisotopic (exact) mass is 324 g/mol. The maximum Gasteiger partial charge on any atom is 0.0369 e. The van der Waals surface area contributed by atoms with E-state index in [1.165, 1.54) is 37.3 Å². The summed E-state index contributed by atoms with van der Waals surface area (Å²) in [4.78, 5) is 5.13. The summed E-state index contributed by atoms with van der Waals surface area (Å²) in [5.41, 5.74) is 2.73. The van der Waals surface area contributed by atoms with Crippen LogP contribution < -0.4 is 4.90 Å². The maximum absolute atomic E-state index is 3.62. The predicted octanol–water partition coefficient (Wildman–Crippen LogP) is 3.54. The van der Waals surface area contributed by atoms with Crippen molar-refractivity contribution in [1.29, 1.82) is 0 Å². The van der Waals surface area contributed by atoms with Crippen LogP contribution in [0.15, 0.2) is 24.3 Å². The van der Waals surface area contributed by atoms with Gasteiger partial charge in [0.2, 0.25) is 0 Å². The number of halogens is 1. The molecular formula is C16H25BrN2. The Bertz CT molecular complexity index is 382. The van der Waals surface area contributed by atoms with Gasteiger partial charge < -0.3 is 4.90 Å². The van der Waals surface area contributed by atoms with Crippen LogP contribution in [0.2, 0.25) is 0 Å². The van der Waals surface area contributed by atoms with Gasteiger partial charge in [-0.05, 0) is 30.5 Å². The van der Waals surface area contributed by atoms with Crippen LogP contribution in [0.4, 0.5) is 5.69 Å². The molecule has 0 N–H and O–H groups in total. The summed E-state index contributed by atoms with van der Waals surface area (Å²) in [5.74, 6) is 0.797. The molecule has 1 saturated heterocycles. The lowest BCUT2D eigenvalue weighted by atomic mass is 10.1. The van der Waals surface area contributed by atoms with E-state index in [0.29, 0.717) is 0 Å².